The van der Waals surface area contributed by atoms with Crippen LogP contribution < -0.4 is 10.6 Å². The molecule has 3 rings (SSSR count). The van der Waals surface area contributed by atoms with Gasteiger partial charge in [-0.1, -0.05) is 24.3 Å². The monoisotopic (exact) mass is 271 g/mol. The molecular formula is C13H13N5O2. The van der Waals surface area contributed by atoms with E-state index in [9.17, 15) is 10.1 Å². The van der Waals surface area contributed by atoms with Gasteiger partial charge in [-0.25, -0.2) is 4.98 Å². The highest BCUT2D eigenvalue weighted by atomic mass is 16.6. The number of fused-ring (bicyclic) bond motifs is 1. The second-order valence-corrected chi connectivity index (χ2v) is 4.72. The first-order valence-electron chi connectivity index (χ1n) is 6.16. The van der Waals surface area contributed by atoms with Crippen LogP contribution in [0.25, 0.3) is 0 Å². The van der Waals surface area contributed by atoms with Crippen LogP contribution in [0, 0.1) is 17.0 Å². The molecular weight excluding hydrogens is 258 g/mol. The maximum Gasteiger partial charge on any atom is 0.332 e. The van der Waals surface area contributed by atoms with Gasteiger partial charge in [0, 0.05) is 13.1 Å². The standard InChI is InChI=1S/C13H13N5O2/c1-8-11(18(19)20)12(16-13(14)15-8)17-6-9-4-2-3-5-10(9)7-17/h2-5H,6-7H2,1H3,(H2,14,15,16). The van der Waals surface area contributed by atoms with Gasteiger partial charge in [0.05, 0.1) is 4.92 Å². The van der Waals surface area contributed by atoms with E-state index >= 15 is 0 Å². The van der Waals surface area contributed by atoms with Crippen molar-refractivity contribution in [1.82, 2.24) is 9.97 Å². The van der Waals surface area contributed by atoms with Gasteiger partial charge in [0.15, 0.2) is 0 Å². The van der Waals surface area contributed by atoms with Crippen molar-refractivity contribution in [2.24, 2.45) is 0 Å². The van der Waals surface area contributed by atoms with Gasteiger partial charge in [-0.05, 0) is 18.1 Å². The van der Waals surface area contributed by atoms with Gasteiger partial charge < -0.3 is 10.6 Å². The van der Waals surface area contributed by atoms with Crippen LogP contribution in [0.15, 0.2) is 24.3 Å². The summed E-state index contributed by atoms with van der Waals surface area (Å²) >= 11 is 0. The predicted octanol–water partition coefficient (Wildman–Crippen LogP) is 1.80. The number of anilines is 2. The summed E-state index contributed by atoms with van der Waals surface area (Å²) in [5.74, 6) is 0.343. The molecule has 0 saturated heterocycles. The Kier molecular flexibility index (Phi) is 2.74. The van der Waals surface area contributed by atoms with Crippen molar-refractivity contribution in [1.29, 1.82) is 0 Å². The average Bonchev–Trinajstić information content (AvgIpc) is 2.80. The van der Waals surface area contributed by atoms with Crippen molar-refractivity contribution >= 4 is 17.5 Å². The summed E-state index contributed by atoms with van der Waals surface area (Å²) in [6, 6.07) is 7.93. The molecule has 1 aromatic heterocycles. The van der Waals surface area contributed by atoms with Crippen LogP contribution in [-0.4, -0.2) is 14.9 Å². The SMILES string of the molecule is Cc1nc(N)nc(N2Cc3ccccc3C2)c1[N+](=O)[O-]. The molecule has 2 heterocycles. The Labute approximate surface area is 115 Å². The number of rotatable bonds is 2. The molecule has 0 aliphatic carbocycles. The molecule has 0 radical (unpaired) electrons. The van der Waals surface area contributed by atoms with Crippen molar-refractivity contribution in [3.63, 3.8) is 0 Å². The Morgan fingerprint density at radius 3 is 2.40 bits per heavy atom. The number of nitrogens with zero attached hydrogens (tertiary/aromatic N) is 4. The van der Waals surface area contributed by atoms with E-state index in [4.69, 9.17) is 5.73 Å². The predicted molar refractivity (Wildman–Crippen MR) is 74.2 cm³/mol. The zero-order valence-electron chi connectivity index (χ0n) is 10.9. The summed E-state index contributed by atoms with van der Waals surface area (Å²) in [5, 5.41) is 11.2. The highest BCUT2D eigenvalue weighted by Gasteiger charge is 2.29. The van der Waals surface area contributed by atoms with Gasteiger partial charge in [0.25, 0.3) is 0 Å². The Bertz CT molecular complexity index is 676. The van der Waals surface area contributed by atoms with Crippen molar-refractivity contribution in [3.8, 4) is 0 Å². The van der Waals surface area contributed by atoms with Crippen LogP contribution in [0.3, 0.4) is 0 Å². The minimum Gasteiger partial charge on any atom is -0.368 e. The first kappa shape index (κ1) is 12.3. The number of nitrogen functional groups attached to an aromatic ring is 1. The lowest BCUT2D eigenvalue weighted by atomic mass is 10.1. The lowest BCUT2D eigenvalue weighted by Crippen LogP contribution is -2.19. The Balaban J connectivity index is 2.06. The van der Waals surface area contributed by atoms with E-state index in [-0.39, 0.29) is 23.1 Å². The lowest BCUT2D eigenvalue weighted by Gasteiger charge is -2.17. The topological polar surface area (TPSA) is 98.2 Å². The molecule has 0 atom stereocenters. The van der Waals surface area contributed by atoms with Gasteiger partial charge >= 0.3 is 5.69 Å². The highest BCUT2D eigenvalue weighted by molar-refractivity contribution is 5.63. The number of hydrogen-bond donors (Lipinski definition) is 1. The van der Waals surface area contributed by atoms with Crippen molar-refractivity contribution in [2.75, 3.05) is 10.6 Å². The summed E-state index contributed by atoms with van der Waals surface area (Å²) in [7, 11) is 0. The number of benzene rings is 1. The van der Waals surface area contributed by atoms with Gasteiger partial charge in [-0.2, -0.15) is 4.98 Å². The maximum atomic E-state index is 11.2. The molecule has 1 aromatic carbocycles. The van der Waals surface area contributed by atoms with Crippen LogP contribution in [0.4, 0.5) is 17.5 Å². The zero-order valence-corrected chi connectivity index (χ0v) is 10.9. The normalized spacial score (nSPS) is 13.3. The molecule has 0 saturated carbocycles. The number of nitro groups is 1. The van der Waals surface area contributed by atoms with Crippen LogP contribution >= 0.6 is 0 Å². The second-order valence-electron chi connectivity index (χ2n) is 4.72. The third-order valence-electron chi connectivity index (χ3n) is 3.38. The minimum absolute atomic E-state index is 0.0547. The average molecular weight is 271 g/mol. The molecule has 0 spiro atoms. The van der Waals surface area contributed by atoms with Gasteiger partial charge in [0.1, 0.15) is 5.69 Å². The van der Waals surface area contributed by atoms with Crippen LogP contribution in [0.5, 0.6) is 0 Å². The third kappa shape index (κ3) is 1.93. The molecule has 1 aliphatic heterocycles. The number of aromatic nitrogens is 2. The second kappa shape index (κ2) is 4.44. The Morgan fingerprint density at radius 1 is 1.25 bits per heavy atom. The zero-order chi connectivity index (χ0) is 14.3. The molecule has 0 amide bonds. The number of hydrogen-bond acceptors (Lipinski definition) is 6. The van der Waals surface area contributed by atoms with E-state index in [1.54, 1.807) is 6.92 Å². The molecule has 2 N–H and O–H groups in total. The van der Waals surface area contributed by atoms with Crippen LogP contribution in [0.1, 0.15) is 16.8 Å². The first-order valence-corrected chi connectivity index (χ1v) is 6.16. The summed E-state index contributed by atoms with van der Waals surface area (Å²) in [6.45, 7) is 2.75. The van der Waals surface area contributed by atoms with Crippen molar-refractivity contribution in [3.05, 3.63) is 51.2 Å². The third-order valence-corrected chi connectivity index (χ3v) is 3.38. The fourth-order valence-electron chi connectivity index (χ4n) is 2.49. The Hall–Kier alpha value is -2.70. The van der Waals surface area contributed by atoms with Gasteiger partial charge in [-0.15, -0.1) is 0 Å². The first-order chi connectivity index (χ1) is 9.56. The fraction of sp³-hybridized carbons (Fsp3) is 0.231. The van der Waals surface area contributed by atoms with Crippen LogP contribution in [0.2, 0.25) is 0 Å². The number of aryl methyl sites for hydroxylation is 1. The smallest absolute Gasteiger partial charge is 0.332 e. The molecule has 102 valence electrons. The van der Waals surface area contributed by atoms with Gasteiger partial charge in [0.2, 0.25) is 11.8 Å². The Morgan fingerprint density at radius 2 is 1.85 bits per heavy atom. The molecule has 1 aliphatic rings. The lowest BCUT2D eigenvalue weighted by molar-refractivity contribution is -0.385. The summed E-state index contributed by atoms with van der Waals surface area (Å²) < 4.78 is 0. The van der Waals surface area contributed by atoms with Gasteiger partial charge in [-0.3, -0.25) is 10.1 Å². The van der Waals surface area contributed by atoms with E-state index in [0.29, 0.717) is 13.1 Å². The minimum atomic E-state index is -0.451. The molecule has 0 unspecified atom stereocenters. The van der Waals surface area contributed by atoms with Crippen molar-refractivity contribution in [2.45, 2.75) is 20.0 Å². The molecule has 0 fully saturated rings. The summed E-state index contributed by atoms with van der Waals surface area (Å²) in [5.41, 5.74) is 8.14. The molecule has 2 aromatic rings. The summed E-state index contributed by atoms with van der Waals surface area (Å²) in [4.78, 5) is 20.6. The van der Waals surface area contributed by atoms with Crippen LogP contribution in [-0.2, 0) is 13.1 Å². The molecule has 7 nitrogen and oxygen atoms in total. The van der Waals surface area contributed by atoms with E-state index in [1.807, 2.05) is 29.2 Å². The van der Waals surface area contributed by atoms with E-state index < -0.39 is 4.92 Å². The molecule has 20 heavy (non-hydrogen) atoms. The quantitative estimate of drug-likeness (QED) is 0.660. The van der Waals surface area contributed by atoms with E-state index in [0.717, 1.165) is 11.1 Å². The molecule has 7 heteroatoms. The summed E-state index contributed by atoms with van der Waals surface area (Å²) in [6.07, 6.45) is 0. The van der Waals surface area contributed by atoms with E-state index in [1.165, 1.54) is 0 Å². The maximum absolute atomic E-state index is 11.2. The van der Waals surface area contributed by atoms with E-state index in [2.05, 4.69) is 9.97 Å². The largest absolute Gasteiger partial charge is 0.368 e. The van der Waals surface area contributed by atoms with Crippen molar-refractivity contribution < 1.29 is 4.92 Å². The number of nitrogens with two attached hydrogens (primary N) is 1. The highest BCUT2D eigenvalue weighted by Crippen LogP contribution is 2.34. The fourth-order valence-corrected chi connectivity index (χ4v) is 2.49. The molecule has 0 bridgehead atoms.